The lowest BCUT2D eigenvalue weighted by Gasteiger charge is -2.11. The molecule has 2 aliphatic rings. The highest BCUT2D eigenvalue weighted by molar-refractivity contribution is 6.10. The number of rotatable bonds is 0. The molecule has 4 heterocycles. The molecule has 6 aromatic rings. The van der Waals surface area contributed by atoms with Crippen LogP contribution in [0.5, 0.6) is 0 Å². The topological polar surface area (TPSA) is 43.1 Å². The summed E-state index contributed by atoms with van der Waals surface area (Å²) >= 11 is 0. The first-order chi connectivity index (χ1) is 15.4. The Hall–Kier alpha value is -4.05. The summed E-state index contributed by atoms with van der Waals surface area (Å²) in [6, 6.07) is 19.6. The third kappa shape index (κ3) is 1.84. The van der Waals surface area contributed by atoms with E-state index in [1.807, 2.05) is 30.7 Å². The van der Waals surface area contributed by atoms with E-state index in [1.165, 1.54) is 39.1 Å². The summed E-state index contributed by atoms with van der Waals surface area (Å²) in [5.74, 6) is 0. The van der Waals surface area contributed by atoms with Gasteiger partial charge in [0.1, 0.15) is 5.65 Å². The van der Waals surface area contributed by atoms with Crippen LogP contribution >= 0.6 is 0 Å². The van der Waals surface area contributed by atoms with Gasteiger partial charge in [-0.25, -0.2) is 4.98 Å². The van der Waals surface area contributed by atoms with Gasteiger partial charge in [0.25, 0.3) is 0 Å². The van der Waals surface area contributed by atoms with E-state index in [2.05, 4.69) is 51.8 Å². The van der Waals surface area contributed by atoms with E-state index < -0.39 is 0 Å². The van der Waals surface area contributed by atoms with Gasteiger partial charge in [0.2, 0.25) is 0 Å². The van der Waals surface area contributed by atoms with Crippen LogP contribution in [0.1, 0.15) is 22.4 Å². The Morgan fingerprint density at radius 3 is 2.74 bits per heavy atom. The van der Waals surface area contributed by atoms with Crippen molar-refractivity contribution in [2.45, 2.75) is 12.8 Å². The van der Waals surface area contributed by atoms with Crippen LogP contribution in [-0.2, 0) is 12.8 Å². The van der Waals surface area contributed by atoms with E-state index >= 15 is 0 Å². The standard InChI is InChI=1S/C27H16N4/c1-2-5-17-15(4-1)12-16-7-8-18-20(24(16)17)13-23-26(18)30-27-21-14-28-11-9-19(21)25-22(31(23)27)6-3-10-29-25/h1-11,14H,12-13H2. The first-order valence-electron chi connectivity index (χ1n) is 10.6. The van der Waals surface area contributed by atoms with Crippen molar-refractivity contribution in [2.75, 3.05) is 0 Å². The van der Waals surface area contributed by atoms with Crippen molar-refractivity contribution in [3.8, 4) is 22.4 Å². The Bertz CT molecular complexity index is 1740. The monoisotopic (exact) mass is 396 g/mol. The van der Waals surface area contributed by atoms with Crippen LogP contribution in [0.25, 0.3) is 49.8 Å². The van der Waals surface area contributed by atoms with Crippen molar-refractivity contribution < 1.29 is 0 Å². The molecule has 0 saturated carbocycles. The summed E-state index contributed by atoms with van der Waals surface area (Å²) in [6.07, 6.45) is 7.52. The molecule has 4 heteroatoms. The molecule has 0 unspecified atom stereocenters. The molecule has 0 fully saturated rings. The summed E-state index contributed by atoms with van der Waals surface area (Å²) in [4.78, 5) is 14.3. The van der Waals surface area contributed by atoms with Gasteiger partial charge in [0.05, 0.1) is 22.4 Å². The quantitative estimate of drug-likeness (QED) is 0.315. The minimum absolute atomic E-state index is 0.888. The average molecular weight is 396 g/mol. The van der Waals surface area contributed by atoms with Crippen molar-refractivity contribution in [1.29, 1.82) is 0 Å². The van der Waals surface area contributed by atoms with Crippen LogP contribution < -0.4 is 0 Å². The molecule has 0 N–H and O–H groups in total. The molecule has 0 spiro atoms. The van der Waals surface area contributed by atoms with Crippen LogP contribution in [0, 0.1) is 0 Å². The molecule has 2 aromatic carbocycles. The Balaban J connectivity index is 1.50. The molecule has 31 heavy (non-hydrogen) atoms. The number of aromatic nitrogens is 4. The van der Waals surface area contributed by atoms with Crippen molar-refractivity contribution in [1.82, 2.24) is 19.4 Å². The van der Waals surface area contributed by atoms with Crippen LogP contribution in [-0.4, -0.2) is 19.4 Å². The molecule has 0 amide bonds. The van der Waals surface area contributed by atoms with Gasteiger partial charge < -0.3 is 0 Å². The molecule has 8 rings (SSSR count). The molecular weight excluding hydrogens is 380 g/mol. The zero-order chi connectivity index (χ0) is 20.1. The summed E-state index contributed by atoms with van der Waals surface area (Å²) < 4.78 is 2.31. The van der Waals surface area contributed by atoms with Gasteiger partial charge in [0.15, 0.2) is 0 Å². The number of imidazole rings is 1. The fourth-order valence-electron chi connectivity index (χ4n) is 5.71. The normalized spacial score (nSPS) is 13.5. The maximum Gasteiger partial charge on any atom is 0.147 e. The van der Waals surface area contributed by atoms with Crippen molar-refractivity contribution >= 4 is 27.5 Å². The van der Waals surface area contributed by atoms with Gasteiger partial charge in [-0.2, -0.15) is 0 Å². The average Bonchev–Trinajstić information content (AvgIpc) is 3.48. The Morgan fingerprint density at radius 2 is 1.74 bits per heavy atom. The fraction of sp³-hybridized carbons (Fsp3) is 0.0741. The maximum absolute atomic E-state index is 5.19. The summed E-state index contributed by atoms with van der Waals surface area (Å²) in [5.41, 5.74) is 13.8. The number of nitrogens with zero attached hydrogens (tertiary/aromatic N) is 4. The minimum atomic E-state index is 0.888. The highest BCUT2D eigenvalue weighted by Gasteiger charge is 2.32. The Labute approximate surface area is 177 Å². The van der Waals surface area contributed by atoms with Gasteiger partial charge in [-0.15, -0.1) is 0 Å². The lowest BCUT2D eigenvalue weighted by atomic mass is 9.96. The SMILES string of the molecule is c1ccc2c(c1)Cc1ccc3c(c1-2)Cc1c-3nc2c3cnccc3c3ncccc3n12. The van der Waals surface area contributed by atoms with Gasteiger partial charge >= 0.3 is 0 Å². The van der Waals surface area contributed by atoms with Crippen LogP contribution in [0.2, 0.25) is 0 Å². The van der Waals surface area contributed by atoms with Crippen molar-refractivity contribution in [3.05, 3.63) is 95.6 Å². The first-order valence-corrected chi connectivity index (χ1v) is 10.6. The fourth-order valence-corrected chi connectivity index (χ4v) is 5.71. The zero-order valence-corrected chi connectivity index (χ0v) is 16.6. The van der Waals surface area contributed by atoms with E-state index in [-0.39, 0.29) is 0 Å². The largest absolute Gasteiger partial charge is 0.293 e. The second kappa shape index (κ2) is 5.35. The highest BCUT2D eigenvalue weighted by Crippen LogP contribution is 2.48. The second-order valence-corrected chi connectivity index (χ2v) is 8.50. The van der Waals surface area contributed by atoms with E-state index in [4.69, 9.17) is 9.97 Å². The summed E-state index contributed by atoms with van der Waals surface area (Å²) in [6.45, 7) is 0. The molecule has 0 radical (unpaired) electrons. The van der Waals surface area contributed by atoms with E-state index in [9.17, 15) is 0 Å². The molecule has 2 aliphatic carbocycles. The number of fused-ring (bicyclic) bond motifs is 14. The Morgan fingerprint density at radius 1 is 0.774 bits per heavy atom. The minimum Gasteiger partial charge on any atom is -0.293 e. The predicted octanol–water partition coefficient (Wildman–Crippen LogP) is 5.57. The van der Waals surface area contributed by atoms with Gasteiger partial charge in [-0.1, -0.05) is 36.4 Å². The number of benzene rings is 2. The molecule has 0 atom stereocenters. The molecule has 0 saturated heterocycles. The first kappa shape index (κ1) is 15.7. The second-order valence-electron chi connectivity index (χ2n) is 8.50. The molecular formula is C27H16N4. The van der Waals surface area contributed by atoms with Crippen LogP contribution in [0.15, 0.2) is 73.2 Å². The van der Waals surface area contributed by atoms with Gasteiger partial charge in [-0.3, -0.25) is 14.4 Å². The molecule has 4 nitrogen and oxygen atoms in total. The summed E-state index contributed by atoms with van der Waals surface area (Å²) in [7, 11) is 0. The summed E-state index contributed by atoms with van der Waals surface area (Å²) in [5, 5.41) is 2.15. The third-order valence-electron chi connectivity index (χ3n) is 6.98. The smallest absolute Gasteiger partial charge is 0.147 e. The number of pyridine rings is 3. The van der Waals surface area contributed by atoms with E-state index in [1.54, 1.807) is 0 Å². The van der Waals surface area contributed by atoms with Crippen LogP contribution in [0.3, 0.4) is 0 Å². The van der Waals surface area contributed by atoms with E-state index in [0.717, 1.165) is 46.0 Å². The lowest BCUT2D eigenvalue weighted by molar-refractivity contribution is 1.09. The van der Waals surface area contributed by atoms with Gasteiger partial charge in [0, 0.05) is 41.3 Å². The van der Waals surface area contributed by atoms with Crippen LogP contribution in [0.4, 0.5) is 0 Å². The third-order valence-corrected chi connectivity index (χ3v) is 6.98. The number of hydrogen-bond acceptors (Lipinski definition) is 3. The Kier molecular flexibility index (Phi) is 2.72. The molecule has 0 bridgehead atoms. The highest BCUT2D eigenvalue weighted by atomic mass is 15.0. The van der Waals surface area contributed by atoms with Crippen molar-refractivity contribution in [2.24, 2.45) is 0 Å². The maximum atomic E-state index is 5.19. The van der Waals surface area contributed by atoms with E-state index in [0.29, 0.717) is 0 Å². The zero-order valence-electron chi connectivity index (χ0n) is 16.6. The molecule has 4 aromatic heterocycles. The predicted molar refractivity (Wildman–Crippen MR) is 122 cm³/mol. The molecule has 0 aliphatic heterocycles. The molecule has 144 valence electrons. The lowest BCUT2D eigenvalue weighted by Crippen LogP contribution is -1.98. The number of hydrogen-bond donors (Lipinski definition) is 0. The van der Waals surface area contributed by atoms with Crippen molar-refractivity contribution in [3.63, 3.8) is 0 Å². The van der Waals surface area contributed by atoms with Gasteiger partial charge in [-0.05, 0) is 52.4 Å².